The van der Waals surface area contributed by atoms with Crippen molar-refractivity contribution in [1.29, 1.82) is 0 Å². The molecule has 0 radical (unpaired) electrons. The van der Waals surface area contributed by atoms with E-state index in [0.29, 0.717) is 5.92 Å². The molecule has 0 amide bonds. The van der Waals surface area contributed by atoms with Gasteiger partial charge in [-0.2, -0.15) is 4.98 Å². The van der Waals surface area contributed by atoms with Gasteiger partial charge in [0.2, 0.25) is 0 Å². The number of hydrogen-bond donors (Lipinski definition) is 0. The molecule has 1 rings (SSSR count). The van der Waals surface area contributed by atoms with Crippen LogP contribution in [0.4, 0.5) is 0 Å². The van der Waals surface area contributed by atoms with E-state index >= 15 is 0 Å². The van der Waals surface area contributed by atoms with Crippen LogP contribution < -0.4 is 4.74 Å². The molecule has 1 atom stereocenters. The average Bonchev–Trinajstić information content (AvgIpc) is 2.35. The van der Waals surface area contributed by atoms with Gasteiger partial charge in [-0.25, -0.2) is 0 Å². The van der Waals surface area contributed by atoms with E-state index in [2.05, 4.69) is 41.7 Å². The Labute approximate surface area is 85.1 Å². The Bertz CT molecular complexity index is 249. The van der Waals surface area contributed by atoms with Gasteiger partial charge in [0, 0.05) is 5.38 Å². The highest BCUT2D eigenvalue weighted by atomic mass is 79.9. The van der Waals surface area contributed by atoms with Gasteiger partial charge in [-0.1, -0.05) is 25.2 Å². The second kappa shape index (κ2) is 4.23. The van der Waals surface area contributed by atoms with Crippen LogP contribution in [-0.2, 0) is 0 Å². The summed E-state index contributed by atoms with van der Waals surface area (Å²) in [6, 6.07) is 0. The van der Waals surface area contributed by atoms with Crippen molar-refractivity contribution in [2.24, 2.45) is 5.92 Å². The second-order valence-electron chi connectivity index (χ2n) is 3.00. The summed E-state index contributed by atoms with van der Waals surface area (Å²) in [6.07, 6.45) is 0.225. The van der Waals surface area contributed by atoms with E-state index in [1.807, 2.05) is 5.38 Å². The van der Waals surface area contributed by atoms with Gasteiger partial charge in [0.1, 0.15) is 10.7 Å². The van der Waals surface area contributed by atoms with E-state index in [1.165, 1.54) is 11.3 Å². The predicted molar refractivity (Wildman–Crippen MR) is 54.7 cm³/mol. The van der Waals surface area contributed by atoms with Gasteiger partial charge < -0.3 is 4.74 Å². The van der Waals surface area contributed by atoms with Crippen LogP contribution >= 0.6 is 27.3 Å². The number of halogens is 1. The SMILES string of the molecule is CC(C)C(C)Oc1nc(Br)cs1. The van der Waals surface area contributed by atoms with Crippen LogP contribution in [0.2, 0.25) is 0 Å². The molecule has 0 aliphatic rings. The fraction of sp³-hybridized carbons (Fsp3) is 0.625. The standard InChI is InChI=1S/C8H12BrNOS/c1-5(2)6(3)11-8-10-7(9)4-12-8/h4-6H,1-3H3. The zero-order chi connectivity index (χ0) is 9.14. The number of nitrogens with zero attached hydrogens (tertiary/aromatic N) is 1. The fourth-order valence-corrected chi connectivity index (χ4v) is 1.76. The fourth-order valence-electron chi connectivity index (χ4n) is 0.588. The number of ether oxygens (including phenoxy) is 1. The summed E-state index contributed by atoms with van der Waals surface area (Å²) >= 11 is 4.79. The molecule has 12 heavy (non-hydrogen) atoms. The van der Waals surface area contributed by atoms with Crippen LogP contribution in [0.5, 0.6) is 5.19 Å². The summed E-state index contributed by atoms with van der Waals surface area (Å²) in [6.45, 7) is 6.32. The van der Waals surface area contributed by atoms with Gasteiger partial charge in [0.05, 0.1) is 0 Å². The second-order valence-corrected chi connectivity index (χ2v) is 4.64. The van der Waals surface area contributed by atoms with E-state index in [4.69, 9.17) is 4.74 Å². The normalized spacial score (nSPS) is 13.4. The van der Waals surface area contributed by atoms with Crippen molar-refractivity contribution in [2.45, 2.75) is 26.9 Å². The average molecular weight is 250 g/mol. The smallest absolute Gasteiger partial charge is 0.274 e. The van der Waals surface area contributed by atoms with Crippen molar-refractivity contribution < 1.29 is 4.74 Å². The van der Waals surface area contributed by atoms with Crippen molar-refractivity contribution in [3.8, 4) is 5.19 Å². The monoisotopic (exact) mass is 249 g/mol. The Morgan fingerprint density at radius 1 is 1.50 bits per heavy atom. The molecule has 0 aliphatic heterocycles. The highest BCUT2D eigenvalue weighted by molar-refractivity contribution is 9.10. The van der Waals surface area contributed by atoms with E-state index in [0.717, 1.165) is 9.80 Å². The van der Waals surface area contributed by atoms with E-state index in [1.54, 1.807) is 0 Å². The van der Waals surface area contributed by atoms with Gasteiger partial charge in [0.15, 0.2) is 0 Å². The molecule has 0 N–H and O–H groups in total. The molecule has 0 saturated heterocycles. The van der Waals surface area contributed by atoms with Crippen molar-refractivity contribution >= 4 is 27.3 Å². The first-order valence-corrected chi connectivity index (χ1v) is 5.54. The Kier molecular flexibility index (Phi) is 3.53. The maximum Gasteiger partial charge on any atom is 0.274 e. The van der Waals surface area contributed by atoms with Crippen molar-refractivity contribution in [2.75, 3.05) is 0 Å². The third-order valence-electron chi connectivity index (χ3n) is 1.68. The minimum atomic E-state index is 0.225. The number of rotatable bonds is 3. The van der Waals surface area contributed by atoms with Gasteiger partial charge >= 0.3 is 0 Å². The molecule has 0 fully saturated rings. The zero-order valence-electron chi connectivity index (χ0n) is 7.37. The topological polar surface area (TPSA) is 22.1 Å². The van der Waals surface area contributed by atoms with Crippen molar-refractivity contribution in [3.63, 3.8) is 0 Å². The third-order valence-corrected chi connectivity index (χ3v) is 3.12. The molecule has 1 unspecified atom stereocenters. The van der Waals surface area contributed by atoms with Gasteiger partial charge in [-0.3, -0.25) is 0 Å². The quantitative estimate of drug-likeness (QED) is 0.820. The van der Waals surface area contributed by atoms with Crippen molar-refractivity contribution in [3.05, 3.63) is 9.98 Å². The molecular weight excluding hydrogens is 238 g/mol. The predicted octanol–water partition coefficient (Wildman–Crippen LogP) is 3.33. The van der Waals surface area contributed by atoms with Gasteiger partial charge in [0.25, 0.3) is 5.19 Å². The van der Waals surface area contributed by atoms with Gasteiger partial charge in [-0.05, 0) is 28.8 Å². The Morgan fingerprint density at radius 2 is 2.17 bits per heavy atom. The molecule has 1 heterocycles. The Hall–Kier alpha value is -0.0900. The van der Waals surface area contributed by atoms with E-state index in [9.17, 15) is 0 Å². The molecule has 0 saturated carbocycles. The third kappa shape index (κ3) is 2.75. The maximum absolute atomic E-state index is 5.57. The summed E-state index contributed by atoms with van der Waals surface area (Å²) in [5.41, 5.74) is 0. The Morgan fingerprint density at radius 3 is 2.58 bits per heavy atom. The Balaban J connectivity index is 2.52. The molecule has 68 valence electrons. The first-order valence-electron chi connectivity index (χ1n) is 3.87. The molecule has 2 nitrogen and oxygen atoms in total. The van der Waals surface area contributed by atoms with Crippen LogP contribution in [-0.4, -0.2) is 11.1 Å². The lowest BCUT2D eigenvalue weighted by molar-refractivity contribution is 0.169. The van der Waals surface area contributed by atoms with Gasteiger partial charge in [-0.15, -0.1) is 0 Å². The van der Waals surface area contributed by atoms with Crippen LogP contribution in [0.3, 0.4) is 0 Å². The van der Waals surface area contributed by atoms with Crippen LogP contribution in [0.1, 0.15) is 20.8 Å². The highest BCUT2D eigenvalue weighted by Gasteiger charge is 2.10. The van der Waals surface area contributed by atoms with Crippen LogP contribution in [0, 0.1) is 5.92 Å². The molecule has 1 aromatic heterocycles. The lowest BCUT2D eigenvalue weighted by Crippen LogP contribution is -2.18. The first-order chi connectivity index (χ1) is 5.59. The molecule has 4 heteroatoms. The number of aromatic nitrogens is 1. The minimum absolute atomic E-state index is 0.225. The number of thiazole rings is 1. The lowest BCUT2D eigenvalue weighted by Gasteiger charge is -2.15. The minimum Gasteiger partial charge on any atom is -0.467 e. The summed E-state index contributed by atoms with van der Waals surface area (Å²) in [5.74, 6) is 0.521. The number of hydrogen-bond acceptors (Lipinski definition) is 3. The van der Waals surface area contributed by atoms with E-state index < -0.39 is 0 Å². The van der Waals surface area contributed by atoms with Crippen molar-refractivity contribution in [1.82, 2.24) is 4.98 Å². The zero-order valence-corrected chi connectivity index (χ0v) is 9.78. The van der Waals surface area contributed by atoms with Crippen LogP contribution in [0.25, 0.3) is 0 Å². The molecule has 1 aromatic rings. The lowest BCUT2D eigenvalue weighted by atomic mass is 10.1. The largest absolute Gasteiger partial charge is 0.467 e. The molecule has 0 aromatic carbocycles. The van der Waals surface area contributed by atoms with Crippen LogP contribution in [0.15, 0.2) is 9.98 Å². The summed E-state index contributed by atoms with van der Waals surface area (Å²) in [5, 5.41) is 2.66. The maximum atomic E-state index is 5.57. The molecule has 0 spiro atoms. The molecule has 0 aliphatic carbocycles. The van der Waals surface area contributed by atoms with E-state index in [-0.39, 0.29) is 6.10 Å². The summed E-state index contributed by atoms with van der Waals surface area (Å²) in [4.78, 5) is 4.15. The first kappa shape index (κ1) is 9.99. The summed E-state index contributed by atoms with van der Waals surface area (Å²) in [7, 11) is 0. The highest BCUT2D eigenvalue weighted by Crippen LogP contribution is 2.23. The molecule has 0 bridgehead atoms. The summed E-state index contributed by atoms with van der Waals surface area (Å²) < 4.78 is 6.42. The molecular formula is C8H12BrNOS.